The number of nitrogens with zero attached hydrogens (tertiary/aromatic N) is 4. The highest BCUT2D eigenvalue weighted by Crippen LogP contribution is 2.41. The first kappa shape index (κ1) is 30.6. The molecular formula is C49H34N4. The topological polar surface area (TPSA) is 26.0 Å². The van der Waals surface area contributed by atoms with Crippen molar-refractivity contribution < 1.29 is 0 Å². The molecule has 0 saturated heterocycles. The maximum atomic E-state index is 5.13. The molecule has 0 fully saturated rings. The Balaban J connectivity index is 1.13. The van der Waals surface area contributed by atoms with Crippen LogP contribution in [0.25, 0.3) is 66.7 Å². The van der Waals surface area contributed by atoms with Crippen LogP contribution in [0.3, 0.4) is 0 Å². The maximum Gasteiger partial charge on any atom is 0.145 e. The summed E-state index contributed by atoms with van der Waals surface area (Å²) in [5.41, 5.74) is 13.3. The van der Waals surface area contributed by atoms with Crippen LogP contribution >= 0.6 is 0 Å². The number of rotatable bonds is 7. The average molecular weight is 679 g/mol. The highest BCUT2D eigenvalue weighted by atomic mass is 15.1. The fourth-order valence-electron chi connectivity index (χ4n) is 7.65. The van der Waals surface area contributed by atoms with E-state index in [1.165, 1.54) is 32.9 Å². The highest BCUT2D eigenvalue weighted by Gasteiger charge is 2.19. The molecule has 4 nitrogen and oxygen atoms in total. The summed E-state index contributed by atoms with van der Waals surface area (Å²) in [6, 6.07) is 73.2. The predicted molar refractivity (Wildman–Crippen MR) is 221 cm³/mol. The lowest BCUT2D eigenvalue weighted by atomic mass is 10.0. The lowest BCUT2D eigenvalue weighted by Gasteiger charge is -2.26. The molecule has 0 saturated carbocycles. The zero-order chi connectivity index (χ0) is 35.1. The van der Waals surface area contributed by atoms with Crippen molar-refractivity contribution >= 4 is 49.9 Å². The number of hydrogen-bond acceptors (Lipinski definition) is 2. The Labute approximate surface area is 308 Å². The van der Waals surface area contributed by atoms with Crippen LogP contribution in [0.15, 0.2) is 206 Å². The number of benzene rings is 8. The van der Waals surface area contributed by atoms with Gasteiger partial charge in [-0.3, -0.25) is 4.57 Å². The number of imidazole rings is 1. The second-order valence-corrected chi connectivity index (χ2v) is 13.3. The third-order valence-electron chi connectivity index (χ3n) is 10.1. The van der Waals surface area contributed by atoms with Gasteiger partial charge in [-0.05, 0) is 108 Å². The molecule has 10 aromatic rings. The number of aromatic nitrogens is 3. The van der Waals surface area contributed by atoms with E-state index < -0.39 is 0 Å². The van der Waals surface area contributed by atoms with Crippen LogP contribution in [0.1, 0.15) is 0 Å². The number of para-hydroxylation sites is 5. The smallest absolute Gasteiger partial charge is 0.145 e. The quantitative estimate of drug-likeness (QED) is 0.168. The summed E-state index contributed by atoms with van der Waals surface area (Å²) < 4.78 is 4.61. The minimum absolute atomic E-state index is 0.915. The van der Waals surface area contributed by atoms with Crippen LogP contribution < -0.4 is 4.90 Å². The van der Waals surface area contributed by atoms with Crippen LogP contribution in [0.5, 0.6) is 0 Å². The molecule has 0 atom stereocenters. The predicted octanol–water partition coefficient (Wildman–Crippen LogP) is 12.9. The van der Waals surface area contributed by atoms with Crippen molar-refractivity contribution in [3.63, 3.8) is 0 Å². The molecule has 0 bridgehead atoms. The molecule has 0 aliphatic heterocycles. The van der Waals surface area contributed by atoms with Gasteiger partial charge in [0.25, 0.3) is 0 Å². The Kier molecular flexibility index (Phi) is 7.43. The van der Waals surface area contributed by atoms with Crippen molar-refractivity contribution in [2.24, 2.45) is 0 Å². The number of hydrogen-bond donors (Lipinski definition) is 0. The van der Waals surface area contributed by atoms with E-state index >= 15 is 0 Å². The first-order valence-corrected chi connectivity index (χ1v) is 18.0. The molecule has 0 radical (unpaired) electrons. The second-order valence-electron chi connectivity index (χ2n) is 13.3. The monoisotopic (exact) mass is 678 g/mol. The molecule has 2 aromatic heterocycles. The number of anilines is 3. The highest BCUT2D eigenvalue weighted by molar-refractivity contribution is 6.10. The third-order valence-corrected chi connectivity index (χ3v) is 10.1. The largest absolute Gasteiger partial charge is 0.310 e. The Bertz CT molecular complexity index is 2850. The molecule has 10 rings (SSSR count). The van der Waals surface area contributed by atoms with E-state index in [4.69, 9.17) is 4.98 Å². The molecule has 53 heavy (non-hydrogen) atoms. The molecule has 2 heterocycles. The van der Waals surface area contributed by atoms with Gasteiger partial charge in [-0.1, -0.05) is 109 Å². The van der Waals surface area contributed by atoms with Crippen molar-refractivity contribution in [1.29, 1.82) is 0 Å². The summed E-state index contributed by atoms with van der Waals surface area (Å²) in [6.45, 7) is 0. The standard InChI is InChI=1S/C49H34N4/c1-4-14-35(15-5-1)36-24-28-40(29-25-36)51(42-32-33-47-44(34-42)43-20-10-12-22-46(43)52(47)38-16-6-2-7-17-38)41-30-26-37(27-31-41)49-50-45-21-11-13-23-48(45)53(49)39-18-8-3-9-19-39/h1-34H. The van der Waals surface area contributed by atoms with Gasteiger partial charge in [0.2, 0.25) is 0 Å². The Morgan fingerprint density at radius 1 is 0.340 bits per heavy atom. The summed E-state index contributed by atoms with van der Waals surface area (Å²) >= 11 is 0. The molecule has 0 aliphatic carbocycles. The van der Waals surface area contributed by atoms with E-state index in [1.807, 2.05) is 6.07 Å². The van der Waals surface area contributed by atoms with E-state index in [0.717, 1.165) is 50.9 Å². The molecule has 4 heteroatoms. The van der Waals surface area contributed by atoms with Crippen LogP contribution in [0, 0.1) is 0 Å². The average Bonchev–Trinajstić information content (AvgIpc) is 3.79. The van der Waals surface area contributed by atoms with Crippen molar-refractivity contribution in [3.05, 3.63) is 206 Å². The van der Waals surface area contributed by atoms with Crippen LogP contribution in [-0.4, -0.2) is 14.1 Å². The molecule has 0 unspecified atom stereocenters. The van der Waals surface area contributed by atoms with Gasteiger partial charge in [0, 0.05) is 44.8 Å². The van der Waals surface area contributed by atoms with E-state index in [1.54, 1.807) is 0 Å². The molecule has 8 aromatic carbocycles. The lowest BCUT2D eigenvalue weighted by molar-refractivity contribution is 1.10. The summed E-state index contributed by atoms with van der Waals surface area (Å²) in [4.78, 5) is 7.48. The minimum atomic E-state index is 0.915. The normalized spacial score (nSPS) is 11.4. The maximum absolute atomic E-state index is 5.13. The van der Waals surface area contributed by atoms with Crippen LogP contribution in [-0.2, 0) is 0 Å². The second kappa shape index (κ2) is 12.9. The first-order chi connectivity index (χ1) is 26.3. The van der Waals surface area contributed by atoms with Gasteiger partial charge in [-0.25, -0.2) is 4.98 Å². The van der Waals surface area contributed by atoms with Gasteiger partial charge in [0.05, 0.1) is 22.1 Å². The SMILES string of the molecule is c1ccc(-c2ccc(N(c3ccc(-c4nc5ccccc5n4-c4ccccc4)cc3)c3ccc4c(c3)c3ccccc3n4-c3ccccc3)cc2)cc1. The van der Waals surface area contributed by atoms with Crippen molar-refractivity contribution in [3.8, 4) is 33.9 Å². The van der Waals surface area contributed by atoms with Gasteiger partial charge in [0.1, 0.15) is 5.82 Å². The molecule has 250 valence electrons. The van der Waals surface area contributed by atoms with Gasteiger partial charge >= 0.3 is 0 Å². The van der Waals surface area contributed by atoms with Gasteiger partial charge in [-0.2, -0.15) is 0 Å². The van der Waals surface area contributed by atoms with E-state index in [0.29, 0.717) is 0 Å². The Hall–Kier alpha value is -7.17. The fraction of sp³-hybridized carbons (Fsp3) is 0. The van der Waals surface area contributed by atoms with Crippen molar-refractivity contribution in [1.82, 2.24) is 14.1 Å². The molecule has 0 spiro atoms. The lowest BCUT2D eigenvalue weighted by Crippen LogP contribution is -2.10. The fourth-order valence-corrected chi connectivity index (χ4v) is 7.65. The summed E-state index contributed by atoms with van der Waals surface area (Å²) in [6.07, 6.45) is 0. The Morgan fingerprint density at radius 2 is 0.830 bits per heavy atom. The molecule has 0 amide bonds. The van der Waals surface area contributed by atoms with Gasteiger partial charge in [0.15, 0.2) is 0 Å². The van der Waals surface area contributed by atoms with E-state index in [-0.39, 0.29) is 0 Å². The minimum Gasteiger partial charge on any atom is -0.310 e. The summed E-state index contributed by atoms with van der Waals surface area (Å²) in [7, 11) is 0. The molecule has 0 N–H and O–H groups in total. The van der Waals surface area contributed by atoms with E-state index in [9.17, 15) is 0 Å². The first-order valence-electron chi connectivity index (χ1n) is 18.0. The molecular weight excluding hydrogens is 645 g/mol. The Morgan fingerprint density at radius 3 is 1.51 bits per heavy atom. The van der Waals surface area contributed by atoms with Gasteiger partial charge in [-0.15, -0.1) is 0 Å². The molecule has 0 aliphatic rings. The summed E-state index contributed by atoms with van der Waals surface area (Å²) in [5, 5.41) is 2.43. The van der Waals surface area contributed by atoms with Crippen molar-refractivity contribution in [2.75, 3.05) is 4.90 Å². The van der Waals surface area contributed by atoms with E-state index in [2.05, 4.69) is 214 Å². The third kappa shape index (κ3) is 5.36. The zero-order valence-corrected chi connectivity index (χ0v) is 28.9. The van der Waals surface area contributed by atoms with Gasteiger partial charge < -0.3 is 9.47 Å². The number of fused-ring (bicyclic) bond motifs is 4. The van der Waals surface area contributed by atoms with Crippen LogP contribution in [0.4, 0.5) is 17.1 Å². The van der Waals surface area contributed by atoms with Crippen LogP contribution in [0.2, 0.25) is 0 Å². The zero-order valence-electron chi connectivity index (χ0n) is 28.9. The summed E-state index contributed by atoms with van der Waals surface area (Å²) in [5.74, 6) is 0.915. The van der Waals surface area contributed by atoms with Crippen molar-refractivity contribution in [2.45, 2.75) is 0 Å².